The van der Waals surface area contributed by atoms with E-state index >= 15 is 0 Å². The molecule has 0 spiro atoms. The number of nitrogens with zero attached hydrogens (tertiary/aromatic N) is 2. The standard InChI is InChI=1S/C13H14N4O4/c1-21-7-6-15-13(18)10(8-14)9-16-11-4-2-3-5-12(11)17(19)20/h2-5,9,16H,6-7H2,1H3,(H,15,18)/b10-9-. The summed E-state index contributed by atoms with van der Waals surface area (Å²) in [6.07, 6.45) is 1.13. The van der Waals surface area contributed by atoms with Crippen LogP contribution in [0.4, 0.5) is 11.4 Å². The van der Waals surface area contributed by atoms with Gasteiger partial charge in [0.15, 0.2) is 0 Å². The van der Waals surface area contributed by atoms with Crippen LogP contribution in [0, 0.1) is 21.4 Å². The Labute approximate surface area is 121 Å². The van der Waals surface area contributed by atoms with Crippen molar-refractivity contribution in [2.45, 2.75) is 0 Å². The van der Waals surface area contributed by atoms with E-state index in [4.69, 9.17) is 10.00 Å². The summed E-state index contributed by atoms with van der Waals surface area (Å²) in [5, 5.41) is 24.8. The Bertz CT molecular complexity index is 592. The van der Waals surface area contributed by atoms with Crippen LogP contribution >= 0.6 is 0 Å². The number of para-hydroxylation sites is 2. The zero-order valence-corrected chi connectivity index (χ0v) is 11.3. The van der Waals surface area contributed by atoms with Crippen molar-refractivity contribution in [2.75, 3.05) is 25.6 Å². The fourth-order valence-electron chi connectivity index (χ4n) is 1.42. The maximum Gasteiger partial charge on any atom is 0.292 e. The van der Waals surface area contributed by atoms with Gasteiger partial charge >= 0.3 is 0 Å². The number of nitro groups is 1. The smallest absolute Gasteiger partial charge is 0.292 e. The summed E-state index contributed by atoms with van der Waals surface area (Å²) in [4.78, 5) is 21.9. The molecule has 0 atom stereocenters. The molecule has 0 fully saturated rings. The lowest BCUT2D eigenvalue weighted by Crippen LogP contribution is -2.28. The summed E-state index contributed by atoms with van der Waals surface area (Å²) in [5.41, 5.74) is -0.143. The highest BCUT2D eigenvalue weighted by molar-refractivity contribution is 5.97. The van der Waals surface area contributed by atoms with Crippen LogP contribution in [0.15, 0.2) is 36.0 Å². The molecular weight excluding hydrogens is 276 g/mol. The van der Waals surface area contributed by atoms with Crippen LogP contribution in [-0.4, -0.2) is 31.1 Å². The second kappa shape index (κ2) is 8.29. The number of nitriles is 1. The maximum atomic E-state index is 11.7. The number of nitrogens with one attached hydrogen (secondary N) is 2. The molecular formula is C13H14N4O4. The molecule has 0 saturated heterocycles. The molecule has 1 amide bonds. The van der Waals surface area contributed by atoms with Gasteiger partial charge in [-0.3, -0.25) is 14.9 Å². The van der Waals surface area contributed by atoms with E-state index in [-0.39, 0.29) is 23.5 Å². The third-order valence-electron chi connectivity index (χ3n) is 2.43. The number of amides is 1. The second-order valence-electron chi connectivity index (χ2n) is 3.84. The number of ether oxygens (including phenoxy) is 1. The fourth-order valence-corrected chi connectivity index (χ4v) is 1.42. The molecule has 0 aliphatic heterocycles. The molecule has 0 aliphatic rings. The van der Waals surface area contributed by atoms with E-state index in [0.717, 1.165) is 6.20 Å². The highest BCUT2D eigenvalue weighted by Gasteiger charge is 2.12. The van der Waals surface area contributed by atoms with Gasteiger partial charge in [0.25, 0.3) is 11.6 Å². The fraction of sp³-hybridized carbons (Fsp3) is 0.231. The van der Waals surface area contributed by atoms with E-state index in [1.165, 1.54) is 25.3 Å². The van der Waals surface area contributed by atoms with Crippen LogP contribution in [0.5, 0.6) is 0 Å². The first-order valence-corrected chi connectivity index (χ1v) is 5.97. The van der Waals surface area contributed by atoms with Crippen molar-refractivity contribution in [3.05, 3.63) is 46.2 Å². The van der Waals surface area contributed by atoms with Crippen LogP contribution < -0.4 is 10.6 Å². The Morgan fingerprint density at radius 3 is 2.86 bits per heavy atom. The number of carbonyl (C=O) groups is 1. The molecule has 0 radical (unpaired) electrons. The number of hydrogen-bond donors (Lipinski definition) is 2. The van der Waals surface area contributed by atoms with Crippen LogP contribution in [-0.2, 0) is 9.53 Å². The third kappa shape index (κ3) is 4.93. The molecule has 0 bridgehead atoms. The molecule has 21 heavy (non-hydrogen) atoms. The topological polar surface area (TPSA) is 117 Å². The van der Waals surface area contributed by atoms with Gasteiger partial charge in [0, 0.05) is 25.9 Å². The summed E-state index contributed by atoms with van der Waals surface area (Å²) in [6.45, 7) is 0.585. The first-order chi connectivity index (χ1) is 10.1. The normalized spacial score (nSPS) is 10.6. The highest BCUT2D eigenvalue weighted by atomic mass is 16.6. The number of carbonyl (C=O) groups excluding carboxylic acids is 1. The van der Waals surface area contributed by atoms with E-state index < -0.39 is 10.8 Å². The Morgan fingerprint density at radius 2 is 2.24 bits per heavy atom. The van der Waals surface area contributed by atoms with Gasteiger partial charge in [0.1, 0.15) is 17.3 Å². The van der Waals surface area contributed by atoms with E-state index in [0.29, 0.717) is 6.61 Å². The van der Waals surface area contributed by atoms with E-state index in [9.17, 15) is 14.9 Å². The van der Waals surface area contributed by atoms with Gasteiger partial charge in [-0.1, -0.05) is 12.1 Å². The lowest BCUT2D eigenvalue weighted by atomic mass is 10.2. The van der Waals surface area contributed by atoms with Crippen LogP contribution in [0.2, 0.25) is 0 Å². The molecule has 8 nitrogen and oxygen atoms in total. The molecule has 1 aromatic carbocycles. The predicted molar refractivity (Wildman–Crippen MR) is 75.3 cm³/mol. The molecule has 2 N–H and O–H groups in total. The molecule has 1 aromatic rings. The van der Waals surface area contributed by atoms with Crippen LogP contribution in [0.25, 0.3) is 0 Å². The monoisotopic (exact) mass is 290 g/mol. The van der Waals surface area contributed by atoms with E-state index in [2.05, 4.69) is 10.6 Å². The first kappa shape index (κ1) is 16.1. The van der Waals surface area contributed by atoms with Crippen molar-refractivity contribution >= 4 is 17.3 Å². The average molecular weight is 290 g/mol. The highest BCUT2D eigenvalue weighted by Crippen LogP contribution is 2.23. The number of anilines is 1. The van der Waals surface area contributed by atoms with E-state index in [1.54, 1.807) is 12.1 Å². The number of hydrogen-bond acceptors (Lipinski definition) is 6. The lowest BCUT2D eigenvalue weighted by Gasteiger charge is -2.05. The van der Waals surface area contributed by atoms with Gasteiger partial charge in [-0.05, 0) is 6.07 Å². The van der Waals surface area contributed by atoms with Crippen molar-refractivity contribution in [3.63, 3.8) is 0 Å². The van der Waals surface area contributed by atoms with Gasteiger partial charge < -0.3 is 15.4 Å². The first-order valence-electron chi connectivity index (χ1n) is 5.97. The minimum absolute atomic E-state index is 0.147. The number of benzene rings is 1. The van der Waals surface area contributed by atoms with Gasteiger partial charge in [0.05, 0.1) is 11.5 Å². The Balaban J connectivity index is 2.80. The lowest BCUT2D eigenvalue weighted by molar-refractivity contribution is -0.383. The average Bonchev–Trinajstić information content (AvgIpc) is 2.48. The molecule has 110 valence electrons. The predicted octanol–water partition coefficient (Wildman–Crippen LogP) is 1.18. The molecule has 0 unspecified atom stereocenters. The van der Waals surface area contributed by atoms with Gasteiger partial charge in [-0.15, -0.1) is 0 Å². The molecule has 0 saturated carbocycles. The molecule has 1 rings (SSSR count). The van der Waals surface area contributed by atoms with Gasteiger partial charge in [-0.2, -0.15) is 5.26 Å². The number of nitro benzene ring substituents is 1. The molecule has 0 aliphatic carbocycles. The minimum atomic E-state index is -0.583. The van der Waals surface area contributed by atoms with Crippen molar-refractivity contribution in [1.82, 2.24) is 5.32 Å². The van der Waals surface area contributed by atoms with Gasteiger partial charge in [0.2, 0.25) is 0 Å². The largest absolute Gasteiger partial charge is 0.383 e. The Hall–Kier alpha value is -2.92. The second-order valence-corrected chi connectivity index (χ2v) is 3.84. The van der Waals surface area contributed by atoms with Crippen molar-refractivity contribution in [3.8, 4) is 6.07 Å². The summed E-state index contributed by atoms with van der Waals surface area (Å²) >= 11 is 0. The van der Waals surface area contributed by atoms with Crippen LogP contribution in [0.1, 0.15) is 0 Å². The Morgan fingerprint density at radius 1 is 1.52 bits per heavy atom. The molecule has 8 heteroatoms. The van der Waals surface area contributed by atoms with Crippen molar-refractivity contribution < 1.29 is 14.5 Å². The van der Waals surface area contributed by atoms with E-state index in [1.807, 2.05) is 0 Å². The summed E-state index contributed by atoms with van der Waals surface area (Å²) in [5.74, 6) is -0.583. The number of methoxy groups -OCH3 is 1. The van der Waals surface area contributed by atoms with Crippen molar-refractivity contribution in [1.29, 1.82) is 5.26 Å². The quantitative estimate of drug-likeness (QED) is 0.256. The zero-order chi connectivity index (χ0) is 15.7. The third-order valence-corrected chi connectivity index (χ3v) is 2.43. The Kier molecular flexibility index (Phi) is 6.37. The number of rotatable bonds is 7. The summed E-state index contributed by atoms with van der Waals surface area (Å²) in [7, 11) is 1.49. The van der Waals surface area contributed by atoms with Crippen LogP contribution in [0.3, 0.4) is 0 Å². The summed E-state index contributed by atoms with van der Waals surface area (Å²) in [6, 6.07) is 7.65. The molecule has 0 aromatic heterocycles. The van der Waals surface area contributed by atoms with Crippen molar-refractivity contribution in [2.24, 2.45) is 0 Å². The summed E-state index contributed by atoms with van der Waals surface area (Å²) < 4.78 is 4.77. The molecule has 0 heterocycles. The minimum Gasteiger partial charge on any atom is -0.383 e. The maximum absolute atomic E-state index is 11.7. The van der Waals surface area contributed by atoms with Gasteiger partial charge in [-0.25, -0.2) is 0 Å². The SMILES string of the molecule is COCCNC(=O)/C(C#N)=C\Nc1ccccc1[N+](=O)[O-]. The zero-order valence-electron chi connectivity index (χ0n) is 11.3.